The number of hydrogen-bond acceptors (Lipinski definition) is 3. The third-order valence-electron chi connectivity index (χ3n) is 2.42. The molecule has 0 aliphatic carbocycles. The largest absolute Gasteiger partial charge is 0.497 e. The van der Waals surface area contributed by atoms with Crippen molar-refractivity contribution >= 4 is 5.57 Å². The Morgan fingerprint density at radius 1 is 1.19 bits per heavy atom. The summed E-state index contributed by atoms with van der Waals surface area (Å²) in [5.41, 5.74) is 7.76. The number of nitrogens with two attached hydrogens (primary N) is 1. The highest BCUT2D eigenvalue weighted by Gasteiger charge is 2.02. The van der Waals surface area contributed by atoms with Gasteiger partial charge in [0.2, 0.25) is 0 Å². The molecule has 16 heavy (non-hydrogen) atoms. The first-order chi connectivity index (χ1) is 7.71. The van der Waals surface area contributed by atoms with E-state index < -0.39 is 0 Å². The molecular weight excluding hydrogens is 202 g/mol. The van der Waals surface area contributed by atoms with Gasteiger partial charge in [0.25, 0.3) is 0 Å². The predicted octanol–water partition coefficient (Wildman–Crippen LogP) is 2.46. The zero-order valence-electron chi connectivity index (χ0n) is 10.1. The molecule has 1 aromatic carbocycles. The lowest BCUT2D eigenvalue weighted by Gasteiger charge is -2.08. The van der Waals surface area contributed by atoms with Gasteiger partial charge in [-0.05, 0) is 43.2 Å². The zero-order valence-corrected chi connectivity index (χ0v) is 10.1. The monoisotopic (exact) mass is 221 g/mol. The average molecular weight is 221 g/mol. The molecule has 88 valence electrons. The molecule has 0 saturated carbocycles. The Labute approximate surface area is 96.9 Å². The standard InChI is InChI=1S/C13H19NO2/c1-10(5-4-6-14)11-7-12(15-2)9-13(8-11)16-3/h5,7-9H,4,6,14H2,1-3H3. The lowest BCUT2D eigenvalue weighted by atomic mass is 10.1. The minimum Gasteiger partial charge on any atom is -0.497 e. The van der Waals surface area contributed by atoms with Crippen LogP contribution < -0.4 is 15.2 Å². The number of ether oxygens (including phenoxy) is 2. The van der Waals surface area contributed by atoms with Gasteiger partial charge in [-0.25, -0.2) is 0 Å². The summed E-state index contributed by atoms with van der Waals surface area (Å²) in [6.07, 6.45) is 3.00. The van der Waals surface area contributed by atoms with E-state index in [9.17, 15) is 0 Å². The summed E-state index contributed by atoms with van der Waals surface area (Å²) in [6.45, 7) is 2.72. The quantitative estimate of drug-likeness (QED) is 0.830. The summed E-state index contributed by atoms with van der Waals surface area (Å²) in [5, 5.41) is 0. The van der Waals surface area contributed by atoms with Crippen LogP contribution in [0.3, 0.4) is 0 Å². The van der Waals surface area contributed by atoms with Gasteiger partial charge in [-0.2, -0.15) is 0 Å². The Balaban J connectivity index is 3.02. The summed E-state index contributed by atoms with van der Waals surface area (Å²) in [7, 11) is 3.30. The summed E-state index contributed by atoms with van der Waals surface area (Å²) < 4.78 is 10.4. The molecule has 0 aliphatic rings. The van der Waals surface area contributed by atoms with Crippen molar-refractivity contribution in [3.8, 4) is 11.5 Å². The minimum atomic E-state index is 0.665. The van der Waals surface area contributed by atoms with Crippen LogP contribution in [0.1, 0.15) is 18.9 Å². The van der Waals surface area contributed by atoms with Crippen molar-refractivity contribution in [2.75, 3.05) is 20.8 Å². The maximum absolute atomic E-state index is 5.47. The van der Waals surface area contributed by atoms with E-state index >= 15 is 0 Å². The molecule has 0 aliphatic heterocycles. The van der Waals surface area contributed by atoms with E-state index in [1.165, 1.54) is 5.57 Å². The molecule has 0 saturated heterocycles. The van der Waals surface area contributed by atoms with Gasteiger partial charge in [0.05, 0.1) is 14.2 Å². The van der Waals surface area contributed by atoms with Crippen molar-refractivity contribution in [1.29, 1.82) is 0 Å². The van der Waals surface area contributed by atoms with Crippen LogP contribution >= 0.6 is 0 Å². The Morgan fingerprint density at radius 3 is 2.19 bits per heavy atom. The summed E-state index contributed by atoms with van der Waals surface area (Å²) >= 11 is 0. The molecule has 3 nitrogen and oxygen atoms in total. The van der Waals surface area contributed by atoms with Crippen LogP contribution in [0.4, 0.5) is 0 Å². The summed E-state index contributed by atoms with van der Waals surface area (Å²) in [5.74, 6) is 1.60. The van der Waals surface area contributed by atoms with E-state index in [1.807, 2.05) is 18.2 Å². The first kappa shape index (κ1) is 12.6. The third-order valence-corrected chi connectivity index (χ3v) is 2.42. The molecule has 3 heteroatoms. The van der Waals surface area contributed by atoms with Crippen molar-refractivity contribution in [2.24, 2.45) is 5.73 Å². The van der Waals surface area contributed by atoms with E-state index in [-0.39, 0.29) is 0 Å². The topological polar surface area (TPSA) is 44.5 Å². The number of benzene rings is 1. The van der Waals surface area contributed by atoms with E-state index in [0.717, 1.165) is 23.5 Å². The maximum atomic E-state index is 5.47. The van der Waals surface area contributed by atoms with Gasteiger partial charge in [0.15, 0.2) is 0 Å². The second kappa shape index (κ2) is 6.18. The lowest BCUT2D eigenvalue weighted by molar-refractivity contribution is 0.394. The second-order valence-electron chi connectivity index (χ2n) is 3.57. The predicted molar refractivity (Wildman–Crippen MR) is 66.9 cm³/mol. The van der Waals surface area contributed by atoms with Gasteiger partial charge in [-0.15, -0.1) is 0 Å². The molecule has 0 aromatic heterocycles. The normalized spacial score (nSPS) is 11.4. The molecule has 0 fully saturated rings. The zero-order chi connectivity index (χ0) is 12.0. The third kappa shape index (κ3) is 3.28. The Morgan fingerprint density at radius 2 is 1.75 bits per heavy atom. The van der Waals surface area contributed by atoms with E-state index in [1.54, 1.807) is 14.2 Å². The van der Waals surface area contributed by atoms with Gasteiger partial charge in [0, 0.05) is 6.07 Å². The van der Waals surface area contributed by atoms with Crippen molar-refractivity contribution in [3.05, 3.63) is 29.8 Å². The van der Waals surface area contributed by atoms with Crippen molar-refractivity contribution in [1.82, 2.24) is 0 Å². The molecule has 0 atom stereocenters. The molecular formula is C13H19NO2. The molecule has 1 rings (SSSR count). The van der Waals surface area contributed by atoms with Gasteiger partial charge >= 0.3 is 0 Å². The highest BCUT2D eigenvalue weighted by Crippen LogP contribution is 2.26. The number of hydrogen-bond donors (Lipinski definition) is 1. The number of methoxy groups -OCH3 is 2. The van der Waals surface area contributed by atoms with Crippen LogP contribution in [0, 0.1) is 0 Å². The molecule has 1 aromatic rings. The van der Waals surface area contributed by atoms with Crippen LogP contribution in [-0.2, 0) is 0 Å². The fourth-order valence-electron chi connectivity index (χ4n) is 1.45. The number of allylic oxidation sites excluding steroid dienone is 1. The molecule has 0 radical (unpaired) electrons. The fourth-order valence-corrected chi connectivity index (χ4v) is 1.45. The van der Waals surface area contributed by atoms with Crippen LogP contribution in [0.2, 0.25) is 0 Å². The summed E-state index contributed by atoms with van der Waals surface area (Å²) in [4.78, 5) is 0. The van der Waals surface area contributed by atoms with Crippen molar-refractivity contribution in [3.63, 3.8) is 0 Å². The van der Waals surface area contributed by atoms with Crippen LogP contribution in [-0.4, -0.2) is 20.8 Å². The fraction of sp³-hybridized carbons (Fsp3) is 0.385. The van der Waals surface area contributed by atoms with Gasteiger partial charge in [-0.3, -0.25) is 0 Å². The molecule has 0 spiro atoms. The van der Waals surface area contributed by atoms with Crippen molar-refractivity contribution in [2.45, 2.75) is 13.3 Å². The first-order valence-electron chi connectivity index (χ1n) is 5.31. The Bertz CT molecular complexity index is 350. The van der Waals surface area contributed by atoms with Gasteiger partial charge in [0.1, 0.15) is 11.5 Å². The average Bonchev–Trinajstić information content (AvgIpc) is 2.35. The molecule has 0 amide bonds. The first-order valence-corrected chi connectivity index (χ1v) is 5.31. The van der Waals surface area contributed by atoms with E-state index in [2.05, 4.69) is 13.0 Å². The molecule has 0 bridgehead atoms. The maximum Gasteiger partial charge on any atom is 0.123 e. The Hall–Kier alpha value is -1.48. The van der Waals surface area contributed by atoms with E-state index in [0.29, 0.717) is 6.54 Å². The van der Waals surface area contributed by atoms with Gasteiger partial charge in [-0.1, -0.05) is 6.08 Å². The smallest absolute Gasteiger partial charge is 0.123 e. The highest BCUT2D eigenvalue weighted by molar-refractivity contribution is 5.66. The second-order valence-corrected chi connectivity index (χ2v) is 3.57. The van der Waals surface area contributed by atoms with Crippen LogP contribution in [0.5, 0.6) is 11.5 Å². The Kier molecular flexibility index (Phi) is 4.86. The van der Waals surface area contributed by atoms with Crippen molar-refractivity contribution < 1.29 is 9.47 Å². The minimum absolute atomic E-state index is 0.665. The lowest BCUT2D eigenvalue weighted by Crippen LogP contribution is -1.96. The molecule has 0 heterocycles. The highest BCUT2D eigenvalue weighted by atomic mass is 16.5. The molecule has 0 unspecified atom stereocenters. The summed E-state index contributed by atoms with van der Waals surface area (Å²) in [6, 6.07) is 5.84. The SMILES string of the molecule is COc1cc(OC)cc(C(C)=CCCN)c1. The van der Waals surface area contributed by atoms with Crippen LogP contribution in [0.15, 0.2) is 24.3 Å². The van der Waals surface area contributed by atoms with Crippen LogP contribution in [0.25, 0.3) is 5.57 Å². The van der Waals surface area contributed by atoms with E-state index in [4.69, 9.17) is 15.2 Å². The number of rotatable bonds is 5. The molecule has 2 N–H and O–H groups in total. The van der Waals surface area contributed by atoms with Gasteiger partial charge < -0.3 is 15.2 Å².